The normalized spacial score (nSPS) is 20.8. The van der Waals surface area contributed by atoms with E-state index in [1.54, 1.807) is 11.3 Å². The van der Waals surface area contributed by atoms with Crippen LogP contribution < -0.4 is 11.3 Å². The Bertz CT molecular complexity index is 328. The fourth-order valence-electron chi connectivity index (χ4n) is 3.07. The van der Waals surface area contributed by atoms with Crippen LogP contribution in [-0.4, -0.2) is 18.2 Å². The van der Waals surface area contributed by atoms with Gasteiger partial charge in [-0.3, -0.25) is 11.3 Å². The van der Waals surface area contributed by atoms with E-state index in [-0.39, 0.29) is 11.6 Å². The molecule has 3 nitrogen and oxygen atoms in total. The van der Waals surface area contributed by atoms with E-state index in [0.717, 1.165) is 25.9 Å². The fourth-order valence-corrected chi connectivity index (χ4v) is 3.75. The van der Waals surface area contributed by atoms with Gasteiger partial charge in [-0.05, 0) is 48.6 Å². The van der Waals surface area contributed by atoms with Gasteiger partial charge in [-0.25, -0.2) is 0 Å². The van der Waals surface area contributed by atoms with Crippen molar-refractivity contribution in [1.29, 1.82) is 0 Å². The largest absolute Gasteiger partial charge is 0.374 e. The first-order valence-corrected chi connectivity index (χ1v) is 7.86. The summed E-state index contributed by atoms with van der Waals surface area (Å²) in [6.45, 7) is 2.84. The van der Waals surface area contributed by atoms with Gasteiger partial charge in [0, 0.05) is 6.61 Å². The van der Waals surface area contributed by atoms with Crippen LogP contribution >= 0.6 is 11.3 Å². The molecule has 1 aliphatic carbocycles. The van der Waals surface area contributed by atoms with Crippen molar-refractivity contribution in [3.8, 4) is 0 Å². The lowest BCUT2D eigenvalue weighted by molar-refractivity contribution is -0.0898. The maximum Gasteiger partial charge on any atom is 0.0851 e. The van der Waals surface area contributed by atoms with Crippen molar-refractivity contribution in [2.45, 2.75) is 57.1 Å². The van der Waals surface area contributed by atoms with E-state index in [4.69, 9.17) is 10.6 Å². The molecule has 1 saturated carbocycles. The first kappa shape index (κ1) is 14.0. The molecule has 1 heterocycles. The molecule has 3 N–H and O–H groups in total. The van der Waals surface area contributed by atoms with Gasteiger partial charge in [0.1, 0.15) is 0 Å². The summed E-state index contributed by atoms with van der Waals surface area (Å²) in [6, 6.07) is 2.39. The van der Waals surface area contributed by atoms with Gasteiger partial charge in [0.2, 0.25) is 0 Å². The Kier molecular flexibility index (Phi) is 5.18. The van der Waals surface area contributed by atoms with E-state index >= 15 is 0 Å². The molecule has 0 aliphatic heterocycles. The number of hydrogen-bond donors (Lipinski definition) is 2. The first-order valence-electron chi connectivity index (χ1n) is 6.92. The van der Waals surface area contributed by atoms with Crippen LogP contribution in [-0.2, 0) is 11.2 Å². The first-order chi connectivity index (χ1) is 8.80. The number of hydrazine groups is 1. The maximum atomic E-state index is 6.13. The lowest BCUT2D eigenvalue weighted by Gasteiger charge is -2.43. The zero-order valence-electron chi connectivity index (χ0n) is 11.2. The minimum Gasteiger partial charge on any atom is -0.374 e. The zero-order chi connectivity index (χ0) is 12.8. The smallest absolute Gasteiger partial charge is 0.0851 e. The van der Waals surface area contributed by atoms with Crippen LogP contribution in [0, 0.1) is 0 Å². The highest BCUT2D eigenvalue weighted by molar-refractivity contribution is 7.07. The summed E-state index contributed by atoms with van der Waals surface area (Å²) in [4.78, 5) is 0. The number of nitrogens with two attached hydrogens (primary N) is 1. The van der Waals surface area contributed by atoms with Crippen LogP contribution in [0.5, 0.6) is 0 Å². The van der Waals surface area contributed by atoms with Crippen molar-refractivity contribution >= 4 is 11.3 Å². The summed E-state index contributed by atoms with van der Waals surface area (Å²) in [6.07, 6.45) is 7.04. The maximum absolute atomic E-state index is 6.13. The Labute approximate surface area is 114 Å². The Morgan fingerprint density at radius 3 is 2.78 bits per heavy atom. The number of rotatable bonds is 6. The van der Waals surface area contributed by atoms with Gasteiger partial charge in [-0.15, -0.1) is 0 Å². The SMILES string of the molecule is CCOC1(C(Cc2ccsc2)NN)CCCCC1. The molecule has 0 spiro atoms. The highest BCUT2D eigenvalue weighted by Gasteiger charge is 2.40. The summed E-state index contributed by atoms with van der Waals surface area (Å²) in [5.74, 6) is 5.81. The molecule has 2 rings (SSSR count). The van der Waals surface area contributed by atoms with Crippen LogP contribution in [0.4, 0.5) is 0 Å². The van der Waals surface area contributed by atoms with Gasteiger partial charge in [0.05, 0.1) is 11.6 Å². The molecule has 0 amide bonds. The minimum atomic E-state index is -0.0658. The van der Waals surface area contributed by atoms with Crippen molar-refractivity contribution in [3.63, 3.8) is 0 Å². The summed E-state index contributed by atoms with van der Waals surface area (Å²) in [5.41, 5.74) is 4.30. The number of hydrogen-bond acceptors (Lipinski definition) is 4. The van der Waals surface area contributed by atoms with E-state index in [1.807, 2.05) is 0 Å². The van der Waals surface area contributed by atoms with Gasteiger partial charge in [0.25, 0.3) is 0 Å². The van der Waals surface area contributed by atoms with Crippen molar-refractivity contribution < 1.29 is 4.74 Å². The predicted octanol–water partition coefficient (Wildman–Crippen LogP) is 2.86. The van der Waals surface area contributed by atoms with Gasteiger partial charge >= 0.3 is 0 Å². The number of nitrogens with one attached hydrogen (secondary N) is 1. The molecule has 1 unspecified atom stereocenters. The lowest BCUT2D eigenvalue weighted by atomic mass is 9.77. The van der Waals surface area contributed by atoms with Gasteiger partial charge < -0.3 is 4.74 Å². The third kappa shape index (κ3) is 3.12. The zero-order valence-corrected chi connectivity index (χ0v) is 12.0. The second-order valence-electron chi connectivity index (χ2n) is 5.11. The summed E-state index contributed by atoms with van der Waals surface area (Å²) < 4.78 is 6.13. The standard InChI is InChI=1S/C14H24N2OS/c1-2-17-14(7-4-3-5-8-14)13(16-15)10-12-6-9-18-11-12/h6,9,11,13,16H,2-5,7-8,10,15H2,1H3. The van der Waals surface area contributed by atoms with Crippen molar-refractivity contribution in [2.75, 3.05) is 6.61 Å². The number of ether oxygens (including phenoxy) is 1. The molecule has 1 aromatic heterocycles. The van der Waals surface area contributed by atoms with E-state index in [0.29, 0.717) is 0 Å². The van der Waals surface area contributed by atoms with Gasteiger partial charge in [0.15, 0.2) is 0 Å². The molecule has 1 aromatic rings. The van der Waals surface area contributed by atoms with E-state index in [1.165, 1.54) is 24.8 Å². The average Bonchev–Trinajstić information content (AvgIpc) is 2.90. The fraction of sp³-hybridized carbons (Fsp3) is 0.714. The molecular formula is C14H24N2OS. The van der Waals surface area contributed by atoms with Crippen LogP contribution in [0.25, 0.3) is 0 Å². The Balaban J connectivity index is 2.10. The summed E-state index contributed by atoms with van der Waals surface area (Å²) in [5, 5.41) is 4.32. The molecule has 18 heavy (non-hydrogen) atoms. The summed E-state index contributed by atoms with van der Waals surface area (Å²) >= 11 is 1.74. The Morgan fingerprint density at radius 1 is 1.44 bits per heavy atom. The van der Waals surface area contributed by atoms with E-state index < -0.39 is 0 Å². The molecular weight excluding hydrogens is 244 g/mol. The second kappa shape index (κ2) is 6.66. The van der Waals surface area contributed by atoms with Gasteiger partial charge in [-0.1, -0.05) is 19.3 Å². The molecule has 1 atom stereocenters. The molecule has 4 heteroatoms. The van der Waals surface area contributed by atoms with Crippen LogP contribution in [0.2, 0.25) is 0 Å². The third-order valence-corrected chi connectivity index (χ3v) is 4.72. The average molecular weight is 268 g/mol. The van der Waals surface area contributed by atoms with Crippen molar-refractivity contribution in [2.24, 2.45) is 5.84 Å². The number of thiophene rings is 1. The van der Waals surface area contributed by atoms with Gasteiger partial charge in [-0.2, -0.15) is 11.3 Å². The second-order valence-corrected chi connectivity index (χ2v) is 5.89. The van der Waals surface area contributed by atoms with E-state index in [9.17, 15) is 0 Å². The molecule has 102 valence electrons. The molecule has 0 saturated heterocycles. The molecule has 0 bridgehead atoms. The quantitative estimate of drug-likeness (QED) is 0.616. The monoisotopic (exact) mass is 268 g/mol. The topological polar surface area (TPSA) is 47.3 Å². The lowest BCUT2D eigenvalue weighted by Crippen LogP contribution is -2.57. The third-order valence-electron chi connectivity index (χ3n) is 3.99. The Hall–Kier alpha value is -0.420. The Morgan fingerprint density at radius 2 is 2.22 bits per heavy atom. The highest BCUT2D eigenvalue weighted by atomic mass is 32.1. The van der Waals surface area contributed by atoms with Crippen LogP contribution in [0.15, 0.2) is 16.8 Å². The molecule has 1 aliphatic rings. The minimum absolute atomic E-state index is 0.0658. The highest BCUT2D eigenvalue weighted by Crippen LogP contribution is 2.35. The molecule has 0 radical (unpaired) electrons. The van der Waals surface area contributed by atoms with E-state index in [2.05, 4.69) is 29.2 Å². The van der Waals surface area contributed by atoms with Crippen LogP contribution in [0.1, 0.15) is 44.6 Å². The summed E-state index contributed by atoms with van der Waals surface area (Å²) in [7, 11) is 0. The molecule has 1 fully saturated rings. The predicted molar refractivity (Wildman–Crippen MR) is 76.6 cm³/mol. The van der Waals surface area contributed by atoms with Crippen molar-refractivity contribution in [1.82, 2.24) is 5.43 Å². The molecule has 0 aromatic carbocycles. The van der Waals surface area contributed by atoms with Crippen LogP contribution in [0.3, 0.4) is 0 Å². The van der Waals surface area contributed by atoms with Crippen molar-refractivity contribution in [3.05, 3.63) is 22.4 Å².